The Labute approximate surface area is 136 Å². The van der Waals surface area contributed by atoms with Gasteiger partial charge in [0.05, 0.1) is 25.2 Å². The second kappa shape index (κ2) is 7.92. The number of hydrogen-bond donors (Lipinski definition) is 2. The molecule has 0 radical (unpaired) electrons. The summed E-state index contributed by atoms with van der Waals surface area (Å²) in [6.07, 6.45) is 0.258. The lowest BCUT2D eigenvalue weighted by molar-refractivity contribution is -0.121. The molecule has 0 bridgehead atoms. The number of carbonyl (C=O) groups is 1. The van der Waals surface area contributed by atoms with Crippen LogP contribution in [0.2, 0.25) is 5.02 Å². The van der Waals surface area contributed by atoms with E-state index in [1.807, 2.05) is 12.1 Å². The van der Waals surface area contributed by atoms with Gasteiger partial charge < -0.3 is 15.2 Å². The van der Waals surface area contributed by atoms with E-state index in [1.54, 1.807) is 19.1 Å². The fourth-order valence-electron chi connectivity index (χ4n) is 2.48. The van der Waals surface area contributed by atoms with Crippen molar-refractivity contribution >= 4 is 17.5 Å². The molecular formula is C16H23ClN2O3. The van der Waals surface area contributed by atoms with Gasteiger partial charge in [0.15, 0.2) is 0 Å². The van der Waals surface area contributed by atoms with Gasteiger partial charge in [-0.15, -0.1) is 0 Å². The predicted molar refractivity (Wildman–Crippen MR) is 86.0 cm³/mol. The van der Waals surface area contributed by atoms with Gasteiger partial charge in [0.1, 0.15) is 0 Å². The monoisotopic (exact) mass is 326 g/mol. The lowest BCUT2D eigenvalue weighted by Crippen LogP contribution is -2.51. The van der Waals surface area contributed by atoms with Crippen LogP contribution in [0.15, 0.2) is 24.3 Å². The summed E-state index contributed by atoms with van der Waals surface area (Å²) in [4.78, 5) is 14.1. The summed E-state index contributed by atoms with van der Waals surface area (Å²) < 4.78 is 5.28. The van der Waals surface area contributed by atoms with Crippen molar-refractivity contribution in [2.75, 3.05) is 39.4 Å². The van der Waals surface area contributed by atoms with Crippen LogP contribution in [0.4, 0.5) is 0 Å². The number of ether oxygens (including phenoxy) is 1. The van der Waals surface area contributed by atoms with Gasteiger partial charge in [-0.1, -0.05) is 23.7 Å². The molecule has 1 saturated heterocycles. The lowest BCUT2D eigenvalue weighted by atomic mass is 10.1. The Morgan fingerprint density at radius 3 is 2.86 bits per heavy atom. The van der Waals surface area contributed by atoms with E-state index in [4.69, 9.17) is 16.3 Å². The molecule has 6 heteroatoms. The van der Waals surface area contributed by atoms with Crippen LogP contribution in [0.3, 0.4) is 0 Å². The summed E-state index contributed by atoms with van der Waals surface area (Å²) in [5.41, 5.74) is -0.0979. The van der Waals surface area contributed by atoms with Crippen LogP contribution in [-0.4, -0.2) is 60.9 Å². The predicted octanol–water partition coefficient (Wildman–Crippen LogP) is 1.08. The number of nitrogens with one attached hydrogen (secondary N) is 1. The van der Waals surface area contributed by atoms with Gasteiger partial charge in [-0.05, 0) is 24.6 Å². The first-order valence-corrected chi connectivity index (χ1v) is 7.86. The number of nitrogens with zero attached hydrogens (tertiary/aromatic N) is 1. The minimum absolute atomic E-state index is 0.121. The van der Waals surface area contributed by atoms with Gasteiger partial charge in [0, 0.05) is 31.2 Å². The van der Waals surface area contributed by atoms with Gasteiger partial charge >= 0.3 is 0 Å². The minimum Gasteiger partial charge on any atom is -0.387 e. The molecule has 0 spiro atoms. The first-order valence-electron chi connectivity index (χ1n) is 7.48. The standard InChI is InChI=1S/C16H23ClN2O3/c1-16(21,12-19-5-7-22-8-6-19)11-18-15(20)10-13-3-2-4-14(17)9-13/h2-4,9,21H,5-8,10-12H2,1H3,(H,18,20). The molecule has 1 aliphatic rings. The molecule has 2 N–H and O–H groups in total. The Morgan fingerprint density at radius 1 is 1.45 bits per heavy atom. The third-order valence-electron chi connectivity index (χ3n) is 3.59. The van der Waals surface area contributed by atoms with Crippen LogP contribution >= 0.6 is 11.6 Å². The third-order valence-corrected chi connectivity index (χ3v) is 3.82. The molecule has 1 aromatic carbocycles. The smallest absolute Gasteiger partial charge is 0.224 e. The summed E-state index contributed by atoms with van der Waals surface area (Å²) in [5, 5.41) is 13.8. The number of morpholine rings is 1. The van der Waals surface area contributed by atoms with Gasteiger partial charge in [0.2, 0.25) is 5.91 Å². The average molecular weight is 327 g/mol. The molecule has 1 aromatic rings. The van der Waals surface area contributed by atoms with E-state index in [1.165, 1.54) is 0 Å². The molecule has 0 aromatic heterocycles. The maximum Gasteiger partial charge on any atom is 0.224 e. The Hall–Kier alpha value is -1.14. The highest BCUT2D eigenvalue weighted by atomic mass is 35.5. The highest BCUT2D eigenvalue weighted by molar-refractivity contribution is 6.30. The Bertz CT molecular complexity index is 502. The molecule has 1 fully saturated rings. The number of benzene rings is 1. The second-order valence-corrected chi connectivity index (χ2v) is 6.41. The average Bonchev–Trinajstić information content (AvgIpc) is 2.46. The summed E-state index contributed by atoms with van der Waals surface area (Å²) in [6, 6.07) is 7.22. The number of β-amino-alcohol motifs (C(OH)–C–C–N with tert-alkyl or cyclic N) is 1. The van der Waals surface area contributed by atoms with E-state index in [0.29, 0.717) is 24.8 Å². The molecule has 0 aliphatic carbocycles. The third kappa shape index (κ3) is 5.93. The van der Waals surface area contributed by atoms with Crippen molar-refractivity contribution in [1.29, 1.82) is 0 Å². The van der Waals surface area contributed by atoms with E-state index in [9.17, 15) is 9.90 Å². The number of amides is 1. The molecule has 22 heavy (non-hydrogen) atoms. The molecule has 122 valence electrons. The Balaban J connectivity index is 1.76. The number of carbonyl (C=O) groups excluding carboxylic acids is 1. The zero-order valence-electron chi connectivity index (χ0n) is 12.8. The van der Waals surface area contributed by atoms with Crippen molar-refractivity contribution in [3.63, 3.8) is 0 Å². The Morgan fingerprint density at radius 2 is 2.18 bits per heavy atom. The quantitative estimate of drug-likeness (QED) is 0.821. The van der Waals surface area contributed by atoms with Crippen molar-refractivity contribution < 1.29 is 14.6 Å². The molecule has 1 atom stereocenters. The van der Waals surface area contributed by atoms with Crippen molar-refractivity contribution in [3.8, 4) is 0 Å². The number of aliphatic hydroxyl groups is 1. The van der Waals surface area contributed by atoms with Crippen LogP contribution < -0.4 is 5.32 Å². The normalized spacial score (nSPS) is 18.7. The van der Waals surface area contributed by atoms with Crippen LogP contribution in [0.5, 0.6) is 0 Å². The van der Waals surface area contributed by atoms with E-state index in [-0.39, 0.29) is 18.9 Å². The van der Waals surface area contributed by atoms with Gasteiger partial charge in [-0.3, -0.25) is 9.69 Å². The largest absolute Gasteiger partial charge is 0.387 e. The first kappa shape index (κ1) is 17.2. The van der Waals surface area contributed by atoms with E-state index in [0.717, 1.165) is 18.7 Å². The van der Waals surface area contributed by atoms with Crippen molar-refractivity contribution in [3.05, 3.63) is 34.9 Å². The van der Waals surface area contributed by atoms with Crippen LogP contribution in [0.1, 0.15) is 12.5 Å². The van der Waals surface area contributed by atoms with Gasteiger partial charge in [-0.25, -0.2) is 0 Å². The molecule has 0 saturated carbocycles. The number of rotatable bonds is 6. The number of hydrogen-bond acceptors (Lipinski definition) is 4. The van der Waals surface area contributed by atoms with Crippen LogP contribution in [0, 0.1) is 0 Å². The van der Waals surface area contributed by atoms with Crippen molar-refractivity contribution in [2.45, 2.75) is 18.9 Å². The van der Waals surface area contributed by atoms with Crippen LogP contribution in [-0.2, 0) is 16.0 Å². The topological polar surface area (TPSA) is 61.8 Å². The second-order valence-electron chi connectivity index (χ2n) is 5.97. The fourth-order valence-corrected chi connectivity index (χ4v) is 2.69. The maximum absolute atomic E-state index is 12.0. The molecular weight excluding hydrogens is 304 g/mol. The zero-order valence-corrected chi connectivity index (χ0v) is 13.6. The van der Waals surface area contributed by atoms with E-state index >= 15 is 0 Å². The van der Waals surface area contributed by atoms with Gasteiger partial charge in [-0.2, -0.15) is 0 Å². The molecule has 1 unspecified atom stereocenters. The molecule has 2 rings (SSSR count). The Kier molecular flexibility index (Phi) is 6.20. The van der Waals surface area contributed by atoms with E-state index in [2.05, 4.69) is 10.2 Å². The highest BCUT2D eigenvalue weighted by Crippen LogP contribution is 2.11. The summed E-state index contributed by atoms with van der Waals surface area (Å²) >= 11 is 5.90. The van der Waals surface area contributed by atoms with E-state index < -0.39 is 5.60 Å². The molecule has 1 aliphatic heterocycles. The van der Waals surface area contributed by atoms with Crippen molar-refractivity contribution in [2.24, 2.45) is 0 Å². The SMILES string of the molecule is CC(O)(CNC(=O)Cc1cccc(Cl)c1)CN1CCOCC1. The van der Waals surface area contributed by atoms with Crippen LogP contribution in [0.25, 0.3) is 0 Å². The number of halogens is 1. The summed E-state index contributed by atoms with van der Waals surface area (Å²) in [6.45, 7) is 5.49. The zero-order chi connectivity index (χ0) is 16.0. The maximum atomic E-state index is 12.0. The van der Waals surface area contributed by atoms with Gasteiger partial charge in [0.25, 0.3) is 0 Å². The molecule has 5 nitrogen and oxygen atoms in total. The summed E-state index contributed by atoms with van der Waals surface area (Å²) in [7, 11) is 0. The lowest BCUT2D eigenvalue weighted by Gasteiger charge is -2.33. The van der Waals surface area contributed by atoms with Crippen molar-refractivity contribution in [1.82, 2.24) is 10.2 Å². The molecule has 1 heterocycles. The molecule has 1 amide bonds. The summed E-state index contributed by atoms with van der Waals surface area (Å²) in [5.74, 6) is -0.121. The minimum atomic E-state index is -0.957. The fraction of sp³-hybridized carbons (Fsp3) is 0.562. The highest BCUT2D eigenvalue weighted by Gasteiger charge is 2.25. The first-order chi connectivity index (χ1) is 10.4.